The Morgan fingerprint density at radius 2 is 2.07 bits per heavy atom. The number of benzene rings is 1. The molecule has 15 heavy (non-hydrogen) atoms. The highest BCUT2D eigenvalue weighted by Gasteiger charge is 2.11. The lowest BCUT2D eigenvalue weighted by Crippen LogP contribution is -1.99. The Morgan fingerprint density at radius 1 is 1.27 bits per heavy atom. The summed E-state index contributed by atoms with van der Waals surface area (Å²) in [5.41, 5.74) is 2.12. The third-order valence-electron chi connectivity index (χ3n) is 2.32. The van der Waals surface area contributed by atoms with E-state index in [0.717, 1.165) is 11.1 Å². The fourth-order valence-corrected chi connectivity index (χ4v) is 1.62. The summed E-state index contributed by atoms with van der Waals surface area (Å²) in [5, 5.41) is 9.94. The maximum atomic E-state index is 13.1. The first kappa shape index (κ1) is 9.93. The summed E-state index contributed by atoms with van der Waals surface area (Å²) in [6.45, 7) is 1.80. The number of rotatable bonds is 2. The molecule has 0 amide bonds. The number of aliphatic hydroxyl groups excluding tert-OH is 1. The van der Waals surface area contributed by atoms with Gasteiger partial charge >= 0.3 is 0 Å². The minimum atomic E-state index is -0.773. The Hall–Kier alpha value is -1.61. The molecule has 0 aliphatic rings. The van der Waals surface area contributed by atoms with Crippen LogP contribution in [0.1, 0.15) is 22.8 Å². The highest BCUT2D eigenvalue weighted by molar-refractivity contribution is 5.31. The zero-order valence-electron chi connectivity index (χ0n) is 8.37. The highest BCUT2D eigenvalue weighted by atomic mass is 19.1. The summed E-state index contributed by atoms with van der Waals surface area (Å²) >= 11 is 0. The van der Waals surface area contributed by atoms with Crippen molar-refractivity contribution in [3.05, 3.63) is 59.2 Å². The van der Waals surface area contributed by atoms with Crippen molar-refractivity contribution in [1.29, 1.82) is 0 Å². The molecule has 0 aliphatic heterocycles. The first-order chi connectivity index (χ1) is 7.16. The molecule has 0 saturated heterocycles. The van der Waals surface area contributed by atoms with Crippen molar-refractivity contribution in [2.24, 2.45) is 0 Å². The van der Waals surface area contributed by atoms with Gasteiger partial charge in [0.1, 0.15) is 11.9 Å². The van der Waals surface area contributed by atoms with Gasteiger partial charge in [0.2, 0.25) is 0 Å². The number of halogens is 1. The number of aryl methyl sites for hydroxylation is 1. The van der Waals surface area contributed by atoms with E-state index in [1.165, 1.54) is 12.1 Å². The van der Waals surface area contributed by atoms with E-state index in [1.54, 1.807) is 31.5 Å². The van der Waals surface area contributed by atoms with Gasteiger partial charge in [-0.25, -0.2) is 4.39 Å². The molecule has 0 bridgehead atoms. The van der Waals surface area contributed by atoms with Crippen LogP contribution in [-0.2, 0) is 0 Å². The SMILES string of the molecule is Cc1cc(F)cc(C(O)c2cc[nH]c2)c1. The molecule has 2 aromatic rings. The minimum absolute atomic E-state index is 0.320. The van der Waals surface area contributed by atoms with Crippen molar-refractivity contribution in [1.82, 2.24) is 4.98 Å². The lowest BCUT2D eigenvalue weighted by Gasteiger charge is -2.10. The normalized spacial score (nSPS) is 12.7. The standard InChI is InChI=1S/C12H12FNO/c1-8-4-10(6-11(13)5-8)12(15)9-2-3-14-7-9/h2-7,12,14-15H,1H3. The molecule has 1 heterocycles. The largest absolute Gasteiger partial charge is 0.384 e. The van der Waals surface area contributed by atoms with Gasteiger partial charge in [0, 0.05) is 18.0 Å². The van der Waals surface area contributed by atoms with Crippen molar-refractivity contribution in [2.45, 2.75) is 13.0 Å². The maximum Gasteiger partial charge on any atom is 0.123 e. The van der Waals surface area contributed by atoms with E-state index in [9.17, 15) is 9.50 Å². The number of H-pyrrole nitrogens is 1. The molecule has 0 saturated carbocycles. The molecule has 78 valence electrons. The van der Waals surface area contributed by atoms with Gasteiger partial charge in [0.25, 0.3) is 0 Å². The summed E-state index contributed by atoms with van der Waals surface area (Å²) in [7, 11) is 0. The molecule has 0 radical (unpaired) electrons. The van der Waals surface area contributed by atoms with Crippen molar-refractivity contribution >= 4 is 0 Å². The van der Waals surface area contributed by atoms with Gasteiger partial charge in [-0.2, -0.15) is 0 Å². The van der Waals surface area contributed by atoms with Gasteiger partial charge in [0.15, 0.2) is 0 Å². The summed E-state index contributed by atoms with van der Waals surface area (Å²) in [5.74, 6) is -0.320. The van der Waals surface area contributed by atoms with E-state index < -0.39 is 6.10 Å². The zero-order chi connectivity index (χ0) is 10.8. The third-order valence-corrected chi connectivity index (χ3v) is 2.32. The molecule has 2 nitrogen and oxygen atoms in total. The van der Waals surface area contributed by atoms with Gasteiger partial charge in [-0.05, 0) is 36.2 Å². The van der Waals surface area contributed by atoms with Crippen molar-refractivity contribution in [3.63, 3.8) is 0 Å². The molecular formula is C12H12FNO. The van der Waals surface area contributed by atoms with Crippen molar-refractivity contribution in [2.75, 3.05) is 0 Å². The summed E-state index contributed by atoms with van der Waals surface area (Å²) < 4.78 is 13.1. The van der Waals surface area contributed by atoms with Crippen molar-refractivity contribution in [3.8, 4) is 0 Å². The van der Waals surface area contributed by atoms with Crippen LogP contribution < -0.4 is 0 Å². The number of aromatic amines is 1. The van der Waals surface area contributed by atoms with E-state index in [0.29, 0.717) is 5.56 Å². The van der Waals surface area contributed by atoms with E-state index in [1.807, 2.05) is 0 Å². The summed E-state index contributed by atoms with van der Waals surface area (Å²) in [4.78, 5) is 2.86. The van der Waals surface area contributed by atoms with Crippen LogP contribution in [0.25, 0.3) is 0 Å². The number of aliphatic hydroxyl groups is 1. The number of nitrogens with one attached hydrogen (secondary N) is 1. The van der Waals surface area contributed by atoms with E-state index in [2.05, 4.69) is 4.98 Å². The molecule has 2 N–H and O–H groups in total. The lowest BCUT2D eigenvalue weighted by molar-refractivity contribution is 0.220. The van der Waals surface area contributed by atoms with Crippen LogP contribution >= 0.6 is 0 Å². The average Bonchev–Trinajstić information content (AvgIpc) is 2.67. The quantitative estimate of drug-likeness (QED) is 0.776. The lowest BCUT2D eigenvalue weighted by atomic mass is 10.0. The van der Waals surface area contributed by atoms with Gasteiger partial charge < -0.3 is 10.1 Å². The first-order valence-electron chi connectivity index (χ1n) is 4.74. The number of hydrogen-bond acceptors (Lipinski definition) is 1. The van der Waals surface area contributed by atoms with Crippen LogP contribution in [0.2, 0.25) is 0 Å². The topological polar surface area (TPSA) is 36.0 Å². The predicted molar refractivity (Wildman–Crippen MR) is 56.0 cm³/mol. The fourth-order valence-electron chi connectivity index (χ4n) is 1.62. The Balaban J connectivity index is 2.37. The van der Waals surface area contributed by atoms with Crippen LogP contribution in [0.3, 0.4) is 0 Å². The second-order valence-electron chi connectivity index (χ2n) is 3.61. The van der Waals surface area contributed by atoms with Crippen LogP contribution in [0.4, 0.5) is 4.39 Å². The second kappa shape index (κ2) is 3.87. The van der Waals surface area contributed by atoms with Crippen LogP contribution in [0.5, 0.6) is 0 Å². The molecule has 1 unspecified atom stereocenters. The minimum Gasteiger partial charge on any atom is -0.384 e. The maximum absolute atomic E-state index is 13.1. The highest BCUT2D eigenvalue weighted by Crippen LogP contribution is 2.22. The smallest absolute Gasteiger partial charge is 0.123 e. The molecular weight excluding hydrogens is 193 g/mol. The van der Waals surface area contributed by atoms with Gasteiger partial charge in [-0.15, -0.1) is 0 Å². The van der Waals surface area contributed by atoms with Crippen LogP contribution in [-0.4, -0.2) is 10.1 Å². The van der Waals surface area contributed by atoms with Crippen LogP contribution in [0, 0.1) is 12.7 Å². The Morgan fingerprint density at radius 3 is 2.67 bits per heavy atom. The molecule has 1 aromatic carbocycles. The zero-order valence-corrected chi connectivity index (χ0v) is 8.37. The summed E-state index contributed by atoms with van der Waals surface area (Å²) in [6.07, 6.45) is 2.65. The van der Waals surface area contributed by atoms with Crippen molar-refractivity contribution < 1.29 is 9.50 Å². The second-order valence-corrected chi connectivity index (χ2v) is 3.61. The molecule has 0 aliphatic carbocycles. The Bertz CT molecular complexity index is 430. The van der Waals surface area contributed by atoms with Gasteiger partial charge in [-0.1, -0.05) is 6.07 Å². The fraction of sp³-hybridized carbons (Fsp3) is 0.167. The van der Waals surface area contributed by atoms with E-state index in [4.69, 9.17) is 0 Å². The third kappa shape index (κ3) is 2.07. The molecule has 0 spiro atoms. The Kier molecular flexibility index (Phi) is 2.56. The molecule has 1 atom stereocenters. The van der Waals surface area contributed by atoms with Crippen LogP contribution in [0.15, 0.2) is 36.7 Å². The molecule has 2 rings (SSSR count). The van der Waals surface area contributed by atoms with Gasteiger partial charge in [0.05, 0.1) is 0 Å². The molecule has 1 aromatic heterocycles. The Labute approximate surface area is 87.4 Å². The van der Waals surface area contributed by atoms with E-state index >= 15 is 0 Å². The predicted octanol–water partition coefficient (Wildman–Crippen LogP) is 2.54. The number of hydrogen-bond donors (Lipinski definition) is 2. The summed E-state index contributed by atoms with van der Waals surface area (Å²) in [6, 6.07) is 6.34. The van der Waals surface area contributed by atoms with Gasteiger partial charge in [-0.3, -0.25) is 0 Å². The number of aromatic nitrogens is 1. The average molecular weight is 205 g/mol. The first-order valence-corrected chi connectivity index (χ1v) is 4.74. The monoisotopic (exact) mass is 205 g/mol. The van der Waals surface area contributed by atoms with E-state index in [-0.39, 0.29) is 5.82 Å². The molecule has 3 heteroatoms. The molecule has 0 fully saturated rings.